The second kappa shape index (κ2) is 11.8. The van der Waals surface area contributed by atoms with Crippen LogP contribution in [0.2, 0.25) is 0 Å². The van der Waals surface area contributed by atoms with Crippen molar-refractivity contribution in [1.29, 1.82) is 0 Å². The Kier molecular flexibility index (Phi) is 7.91. The number of piperidine rings is 1. The molecule has 1 amide bonds. The summed E-state index contributed by atoms with van der Waals surface area (Å²) in [5, 5.41) is 0. The number of ether oxygens (including phenoxy) is 2. The van der Waals surface area contributed by atoms with Crippen LogP contribution in [0.5, 0.6) is 5.75 Å². The molecule has 2 aromatic carbocycles. The number of benzene rings is 2. The predicted molar refractivity (Wildman–Crippen MR) is 167 cm³/mol. The van der Waals surface area contributed by atoms with E-state index in [1.54, 1.807) is 34.1 Å². The molecule has 5 aromatic rings. The van der Waals surface area contributed by atoms with Crippen LogP contribution in [0, 0.1) is 5.92 Å². The molecule has 1 aliphatic heterocycles. The summed E-state index contributed by atoms with van der Waals surface area (Å²) in [6.45, 7) is 7.84. The molecular formula is C32H33BrN6O4. The lowest BCUT2D eigenvalue weighted by Crippen LogP contribution is -2.42. The van der Waals surface area contributed by atoms with E-state index in [1.165, 1.54) is 0 Å². The summed E-state index contributed by atoms with van der Waals surface area (Å²) in [5.41, 5.74) is 2.90. The lowest BCUT2D eigenvalue weighted by Gasteiger charge is -2.33. The Morgan fingerprint density at radius 3 is 2.56 bits per heavy atom. The average molecular weight is 646 g/mol. The van der Waals surface area contributed by atoms with Gasteiger partial charge in [-0.05, 0) is 69.4 Å². The molecule has 0 bridgehead atoms. The molecule has 4 heterocycles. The molecule has 1 aliphatic rings. The third-order valence-electron chi connectivity index (χ3n) is 7.41. The molecule has 43 heavy (non-hydrogen) atoms. The Hall–Kier alpha value is -4.25. The first-order valence-corrected chi connectivity index (χ1v) is 15.1. The van der Waals surface area contributed by atoms with Crippen LogP contribution in [-0.4, -0.2) is 60.2 Å². The molecule has 1 fully saturated rings. The van der Waals surface area contributed by atoms with Crippen LogP contribution in [0.1, 0.15) is 39.2 Å². The van der Waals surface area contributed by atoms with E-state index >= 15 is 0 Å². The molecule has 0 spiro atoms. The van der Waals surface area contributed by atoms with Gasteiger partial charge in [0.15, 0.2) is 11.6 Å². The minimum atomic E-state index is -0.494. The van der Waals surface area contributed by atoms with Crippen molar-refractivity contribution in [2.75, 3.05) is 19.7 Å². The van der Waals surface area contributed by atoms with Gasteiger partial charge in [-0.1, -0.05) is 34.1 Å². The molecule has 3 aromatic heterocycles. The Bertz CT molecular complexity index is 1840. The maximum atomic E-state index is 12.9. The minimum absolute atomic E-state index is 0.124. The number of nitrogens with zero attached hydrogens (tertiary/aromatic N) is 6. The average Bonchev–Trinajstić information content (AvgIpc) is 3.35. The number of carbonyl (C=O) groups is 1. The van der Waals surface area contributed by atoms with E-state index in [4.69, 9.17) is 14.5 Å². The molecule has 0 unspecified atom stereocenters. The highest BCUT2D eigenvalue weighted by molar-refractivity contribution is 9.10. The van der Waals surface area contributed by atoms with Gasteiger partial charge < -0.3 is 14.4 Å². The van der Waals surface area contributed by atoms with Gasteiger partial charge in [0.1, 0.15) is 5.60 Å². The predicted octanol–water partition coefficient (Wildman–Crippen LogP) is 5.94. The summed E-state index contributed by atoms with van der Waals surface area (Å²) in [7, 11) is 0. The summed E-state index contributed by atoms with van der Waals surface area (Å²) >= 11 is 3.50. The van der Waals surface area contributed by atoms with Crippen molar-refractivity contribution in [2.45, 2.75) is 45.8 Å². The third-order valence-corrected chi connectivity index (χ3v) is 7.91. The number of hydrogen-bond donors (Lipinski definition) is 0. The maximum Gasteiger partial charge on any atom is 0.410 e. The fourth-order valence-corrected chi connectivity index (χ4v) is 5.57. The van der Waals surface area contributed by atoms with Gasteiger partial charge in [-0.15, -0.1) is 0 Å². The lowest BCUT2D eigenvalue weighted by atomic mass is 9.98. The number of fused-ring (bicyclic) bond motifs is 3. The van der Waals surface area contributed by atoms with Crippen molar-refractivity contribution in [2.24, 2.45) is 5.92 Å². The fourth-order valence-electron chi connectivity index (χ4n) is 5.23. The molecule has 0 N–H and O–H groups in total. The molecule has 0 saturated carbocycles. The topological polar surface area (TPSA) is 104 Å². The largest absolute Gasteiger partial charge is 0.490 e. The summed E-state index contributed by atoms with van der Waals surface area (Å²) in [5.74, 6) is 2.10. The summed E-state index contributed by atoms with van der Waals surface area (Å²) in [6.07, 6.45) is 6.59. The van der Waals surface area contributed by atoms with Crippen LogP contribution in [0.4, 0.5) is 4.79 Å². The van der Waals surface area contributed by atoms with E-state index in [0.717, 1.165) is 39.5 Å². The highest BCUT2D eigenvalue weighted by atomic mass is 79.9. The number of halogens is 1. The monoisotopic (exact) mass is 644 g/mol. The number of imidazole rings is 1. The normalized spacial score (nSPS) is 14.4. The van der Waals surface area contributed by atoms with Gasteiger partial charge in [0, 0.05) is 35.4 Å². The summed E-state index contributed by atoms with van der Waals surface area (Å²) < 4.78 is 16.0. The van der Waals surface area contributed by atoms with Gasteiger partial charge in [-0.25, -0.2) is 19.7 Å². The van der Waals surface area contributed by atoms with E-state index in [1.807, 2.05) is 67.6 Å². The van der Waals surface area contributed by atoms with Crippen molar-refractivity contribution < 1.29 is 14.3 Å². The first-order valence-electron chi connectivity index (χ1n) is 14.3. The third kappa shape index (κ3) is 6.56. The summed E-state index contributed by atoms with van der Waals surface area (Å²) in [4.78, 5) is 40.8. The van der Waals surface area contributed by atoms with Crippen LogP contribution in [-0.2, 0) is 11.3 Å². The van der Waals surface area contributed by atoms with E-state index in [2.05, 4.69) is 25.9 Å². The highest BCUT2D eigenvalue weighted by Gasteiger charge is 2.27. The van der Waals surface area contributed by atoms with Crippen molar-refractivity contribution in [3.63, 3.8) is 0 Å². The second-order valence-electron chi connectivity index (χ2n) is 11.8. The number of aromatic nitrogens is 5. The van der Waals surface area contributed by atoms with Crippen LogP contribution < -0.4 is 10.3 Å². The molecular weight excluding hydrogens is 612 g/mol. The lowest BCUT2D eigenvalue weighted by molar-refractivity contribution is 0.0165. The molecule has 222 valence electrons. The number of hydrogen-bond acceptors (Lipinski definition) is 7. The van der Waals surface area contributed by atoms with Crippen molar-refractivity contribution in [1.82, 2.24) is 28.8 Å². The maximum absolute atomic E-state index is 12.9. The molecule has 6 rings (SSSR count). The fraction of sp³-hybridized carbons (Fsp3) is 0.344. The zero-order valence-electron chi connectivity index (χ0n) is 24.4. The Morgan fingerprint density at radius 2 is 1.81 bits per heavy atom. The molecule has 0 radical (unpaired) electrons. The van der Waals surface area contributed by atoms with Gasteiger partial charge in [0.05, 0.1) is 36.6 Å². The van der Waals surface area contributed by atoms with Crippen molar-refractivity contribution >= 4 is 38.8 Å². The van der Waals surface area contributed by atoms with Gasteiger partial charge in [-0.2, -0.15) is 0 Å². The van der Waals surface area contributed by atoms with Gasteiger partial charge in [0.2, 0.25) is 5.78 Å². The van der Waals surface area contributed by atoms with E-state index in [0.29, 0.717) is 49.5 Å². The van der Waals surface area contributed by atoms with Crippen molar-refractivity contribution in [3.8, 4) is 17.1 Å². The van der Waals surface area contributed by atoms with Crippen LogP contribution >= 0.6 is 15.9 Å². The zero-order valence-corrected chi connectivity index (χ0v) is 26.0. The van der Waals surface area contributed by atoms with Gasteiger partial charge >= 0.3 is 6.09 Å². The van der Waals surface area contributed by atoms with Gasteiger partial charge in [0.25, 0.3) is 5.56 Å². The molecule has 0 aliphatic carbocycles. The SMILES string of the molecule is CC(C)(C)OC(=O)N1CCC(COc2cnc(-c3cccc(Cn4c(=O)ccn5c6ccc(Br)cc6nc45)c3)nc2)CC1. The van der Waals surface area contributed by atoms with E-state index in [-0.39, 0.29) is 11.7 Å². The van der Waals surface area contributed by atoms with E-state index in [9.17, 15) is 9.59 Å². The van der Waals surface area contributed by atoms with Crippen molar-refractivity contribution in [3.05, 3.63) is 87.5 Å². The number of carbonyl (C=O) groups excluding carboxylic acids is 1. The Labute approximate surface area is 257 Å². The minimum Gasteiger partial charge on any atom is -0.490 e. The summed E-state index contributed by atoms with van der Waals surface area (Å²) in [6, 6.07) is 15.3. The quantitative estimate of drug-likeness (QED) is 0.225. The number of likely N-dealkylation sites (tertiary alicyclic amines) is 1. The standard InChI is InChI=1S/C32H33BrN6O4/c1-32(2,3)43-31(41)37-12-9-21(10-13-37)20-42-25-17-34-29(35-18-25)23-6-4-5-22(15-23)19-39-28(40)11-14-38-27-8-7-24(33)16-26(27)36-30(38)39/h4-8,11,14-18,21H,9-10,12-13,19-20H2,1-3H3. The first kappa shape index (κ1) is 28.9. The van der Waals surface area contributed by atoms with Crippen LogP contribution in [0.15, 0.2) is 76.4 Å². The number of amides is 1. The van der Waals surface area contributed by atoms with E-state index < -0.39 is 5.60 Å². The second-order valence-corrected chi connectivity index (χ2v) is 12.7. The Morgan fingerprint density at radius 1 is 1.05 bits per heavy atom. The molecule has 10 nitrogen and oxygen atoms in total. The molecule has 11 heteroatoms. The number of rotatable bonds is 6. The smallest absolute Gasteiger partial charge is 0.410 e. The highest BCUT2D eigenvalue weighted by Crippen LogP contribution is 2.24. The Balaban J connectivity index is 1.10. The zero-order chi connectivity index (χ0) is 30.1. The molecule has 0 atom stereocenters. The first-order chi connectivity index (χ1) is 20.6. The van der Waals surface area contributed by atoms with Crippen LogP contribution in [0.3, 0.4) is 0 Å². The van der Waals surface area contributed by atoms with Crippen LogP contribution in [0.25, 0.3) is 28.2 Å². The molecule has 1 saturated heterocycles. The van der Waals surface area contributed by atoms with Gasteiger partial charge in [-0.3, -0.25) is 13.8 Å².